The maximum atomic E-state index is 12.2. The number of hydrazone groups is 1. The predicted octanol–water partition coefficient (Wildman–Crippen LogP) is 3.25. The molecule has 0 aliphatic rings. The second-order valence-electron chi connectivity index (χ2n) is 5.54. The van der Waals surface area contributed by atoms with Gasteiger partial charge in [0.1, 0.15) is 17.2 Å². The Morgan fingerprint density at radius 3 is 2.12 bits per heavy atom. The number of methoxy groups -OCH3 is 2. The van der Waals surface area contributed by atoms with Gasteiger partial charge in [-0.2, -0.15) is 5.10 Å². The molecule has 0 saturated carbocycles. The highest BCUT2D eigenvalue weighted by Gasteiger charge is 2.09. The van der Waals surface area contributed by atoms with Gasteiger partial charge in [0.05, 0.1) is 26.5 Å². The second-order valence-corrected chi connectivity index (χ2v) is 5.54. The normalized spacial score (nSPS) is 10.8. The summed E-state index contributed by atoms with van der Waals surface area (Å²) in [6.07, 6.45) is 1.69. The number of carbonyl (C=O) groups excluding carboxylic acids is 1. The average Bonchev–Trinajstić information content (AvgIpc) is 2.62. The fourth-order valence-corrected chi connectivity index (χ4v) is 2.07. The van der Waals surface area contributed by atoms with Crippen LogP contribution in [0.1, 0.15) is 29.8 Å². The van der Waals surface area contributed by atoms with Crippen LogP contribution in [0.3, 0.4) is 0 Å². The molecule has 2 aromatic carbocycles. The summed E-state index contributed by atoms with van der Waals surface area (Å²) in [5, 5.41) is 3.97. The fourth-order valence-electron chi connectivity index (χ4n) is 2.07. The Kier molecular flexibility index (Phi) is 6.39. The zero-order valence-electron chi connectivity index (χ0n) is 14.8. The van der Waals surface area contributed by atoms with Crippen molar-refractivity contribution in [2.45, 2.75) is 20.0 Å². The molecule has 6 heteroatoms. The van der Waals surface area contributed by atoms with Gasteiger partial charge in [-0.05, 0) is 55.8 Å². The third-order valence-electron chi connectivity index (χ3n) is 3.25. The summed E-state index contributed by atoms with van der Waals surface area (Å²) in [5.41, 5.74) is 3.73. The molecule has 1 N–H and O–H groups in total. The number of hydrogen-bond acceptors (Lipinski definition) is 5. The lowest BCUT2D eigenvalue weighted by molar-refractivity contribution is 0.0954. The van der Waals surface area contributed by atoms with E-state index in [1.165, 1.54) is 14.2 Å². The summed E-state index contributed by atoms with van der Waals surface area (Å²) in [4.78, 5) is 12.2. The van der Waals surface area contributed by atoms with Gasteiger partial charge in [0, 0.05) is 11.6 Å². The van der Waals surface area contributed by atoms with E-state index in [1.54, 1.807) is 24.4 Å². The number of rotatable bonds is 7. The molecule has 25 heavy (non-hydrogen) atoms. The molecule has 0 bridgehead atoms. The molecular formula is C19H22N2O4. The number of hydrogen-bond donors (Lipinski definition) is 1. The average molecular weight is 342 g/mol. The molecule has 0 aliphatic carbocycles. The highest BCUT2D eigenvalue weighted by molar-refractivity contribution is 5.95. The first-order chi connectivity index (χ1) is 12.0. The van der Waals surface area contributed by atoms with Crippen molar-refractivity contribution in [1.29, 1.82) is 0 Å². The third-order valence-corrected chi connectivity index (χ3v) is 3.25. The van der Waals surface area contributed by atoms with Crippen molar-refractivity contribution in [3.05, 3.63) is 53.6 Å². The number of ether oxygens (including phenoxy) is 3. The summed E-state index contributed by atoms with van der Waals surface area (Å²) < 4.78 is 15.9. The standard InChI is InChI=1S/C19H22N2O4/c1-13(2)25-16-7-5-14(6-8-16)12-20-21-19(22)15-9-17(23-3)11-18(10-15)24-4/h5-13H,1-4H3,(H,21,22)/b20-12-. The zero-order chi connectivity index (χ0) is 18.2. The van der Waals surface area contributed by atoms with E-state index in [4.69, 9.17) is 14.2 Å². The first kappa shape index (κ1) is 18.3. The lowest BCUT2D eigenvalue weighted by Gasteiger charge is -2.09. The quantitative estimate of drug-likeness (QED) is 0.619. The number of nitrogens with zero attached hydrogens (tertiary/aromatic N) is 1. The van der Waals surface area contributed by atoms with Crippen molar-refractivity contribution < 1.29 is 19.0 Å². The molecule has 132 valence electrons. The number of nitrogens with one attached hydrogen (secondary N) is 1. The van der Waals surface area contributed by atoms with Gasteiger partial charge < -0.3 is 14.2 Å². The Labute approximate surface area is 147 Å². The van der Waals surface area contributed by atoms with Crippen LogP contribution in [-0.2, 0) is 0 Å². The molecule has 0 saturated heterocycles. The summed E-state index contributed by atoms with van der Waals surface area (Å²) in [7, 11) is 3.06. The lowest BCUT2D eigenvalue weighted by atomic mass is 10.2. The molecular weight excluding hydrogens is 320 g/mol. The molecule has 0 radical (unpaired) electrons. The summed E-state index contributed by atoms with van der Waals surface area (Å²) in [6, 6.07) is 12.4. The maximum Gasteiger partial charge on any atom is 0.271 e. The van der Waals surface area contributed by atoms with Gasteiger partial charge in [-0.3, -0.25) is 4.79 Å². The topological polar surface area (TPSA) is 69.2 Å². The third kappa shape index (κ3) is 5.53. The molecule has 0 heterocycles. The van der Waals surface area contributed by atoms with Gasteiger partial charge in [0.25, 0.3) is 5.91 Å². The smallest absolute Gasteiger partial charge is 0.271 e. The first-order valence-electron chi connectivity index (χ1n) is 7.85. The van der Waals surface area contributed by atoms with E-state index in [-0.39, 0.29) is 12.0 Å². The van der Waals surface area contributed by atoms with E-state index in [1.807, 2.05) is 38.1 Å². The lowest BCUT2D eigenvalue weighted by Crippen LogP contribution is -2.17. The van der Waals surface area contributed by atoms with Crippen LogP contribution in [0.4, 0.5) is 0 Å². The summed E-state index contributed by atoms with van der Waals surface area (Å²) in [6.45, 7) is 3.94. The molecule has 2 rings (SSSR count). The molecule has 0 fully saturated rings. The number of amides is 1. The van der Waals surface area contributed by atoms with Gasteiger partial charge in [-0.1, -0.05) is 0 Å². The highest BCUT2D eigenvalue weighted by Crippen LogP contribution is 2.22. The first-order valence-corrected chi connectivity index (χ1v) is 7.85. The monoisotopic (exact) mass is 342 g/mol. The van der Waals surface area contributed by atoms with Crippen molar-refractivity contribution in [2.75, 3.05) is 14.2 Å². The fraction of sp³-hybridized carbons (Fsp3) is 0.263. The van der Waals surface area contributed by atoms with Crippen LogP contribution in [0.25, 0.3) is 0 Å². The minimum Gasteiger partial charge on any atom is -0.497 e. The van der Waals surface area contributed by atoms with Gasteiger partial charge in [0.2, 0.25) is 0 Å². The second kappa shape index (κ2) is 8.73. The van der Waals surface area contributed by atoms with Crippen molar-refractivity contribution in [2.24, 2.45) is 5.10 Å². The van der Waals surface area contributed by atoms with Gasteiger partial charge >= 0.3 is 0 Å². The number of carbonyl (C=O) groups is 1. The molecule has 1 amide bonds. The summed E-state index contributed by atoms with van der Waals surface area (Å²) in [5.74, 6) is 1.51. The Bertz CT molecular complexity index is 717. The molecule has 6 nitrogen and oxygen atoms in total. The van der Waals surface area contributed by atoms with Crippen LogP contribution in [-0.4, -0.2) is 32.4 Å². The van der Waals surface area contributed by atoms with Crippen molar-refractivity contribution in [1.82, 2.24) is 5.43 Å². The Morgan fingerprint density at radius 1 is 1.00 bits per heavy atom. The Morgan fingerprint density at radius 2 is 1.60 bits per heavy atom. The molecule has 0 aliphatic heterocycles. The van der Waals surface area contributed by atoms with Crippen LogP contribution in [0, 0.1) is 0 Å². The van der Waals surface area contributed by atoms with E-state index in [0.29, 0.717) is 17.1 Å². The van der Waals surface area contributed by atoms with Crippen LogP contribution in [0.2, 0.25) is 0 Å². The van der Waals surface area contributed by atoms with Crippen molar-refractivity contribution >= 4 is 12.1 Å². The van der Waals surface area contributed by atoms with E-state index < -0.39 is 0 Å². The zero-order valence-corrected chi connectivity index (χ0v) is 14.8. The van der Waals surface area contributed by atoms with Crippen molar-refractivity contribution in [3.63, 3.8) is 0 Å². The minimum absolute atomic E-state index is 0.124. The van der Waals surface area contributed by atoms with Gasteiger partial charge in [0.15, 0.2) is 0 Å². The SMILES string of the molecule is COc1cc(OC)cc(C(=O)N/N=C\c2ccc(OC(C)C)cc2)c1. The highest BCUT2D eigenvalue weighted by atomic mass is 16.5. The molecule has 0 spiro atoms. The molecule has 0 atom stereocenters. The van der Waals surface area contributed by atoms with Crippen molar-refractivity contribution in [3.8, 4) is 17.2 Å². The molecule has 0 unspecified atom stereocenters. The van der Waals surface area contributed by atoms with Crippen LogP contribution in [0.15, 0.2) is 47.6 Å². The predicted molar refractivity (Wildman–Crippen MR) is 96.8 cm³/mol. The Hall–Kier alpha value is -3.02. The Balaban J connectivity index is 2.00. The number of benzene rings is 2. The van der Waals surface area contributed by atoms with Crippen LogP contribution >= 0.6 is 0 Å². The van der Waals surface area contributed by atoms with Crippen LogP contribution < -0.4 is 19.6 Å². The molecule has 0 aromatic heterocycles. The maximum absolute atomic E-state index is 12.2. The van der Waals surface area contributed by atoms with Gasteiger partial charge in [-0.25, -0.2) is 5.43 Å². The van der Waals surface area contributed by atoms with E-state index in [9.17, 15) is 4.79 Å². The molecule has 2 aromatic rings. The van der Waals surface area contributed by atoms with E-state index in [0.717, 1.165) is 11.3 Å². The minimum atomic E-state index is -0.354. The summed E-state index contributed by atoms with van der Waals surface area (Å²) >= 11 is 0. The van der Waals surface area contributed by atoms with Crippen LogP contribution in [0.5, 0.6) is 17.2 Å². The van der Waals surface area contributed by atoms with E-state index in [2.05, 4.69) is 10.5 Å². The van der Waals surface area contributed by atoms with E-state index >= 15 is 0 Å². The van der Waals surface area contributed by atoms with Gasteiger partial charge in [-0.15, -0.1) is 0 Å². The largest absolute Gasteiger partial charge is 0.497 e.